The van der Waals surface area contributed by atoms with E-state index in [2.05, 4.69) is 27.4 Å². The minimum atomic E-state index is -0.147. The summed E-state index contributed by atoms with van der Waals surface area (Å²) in [5.41, 5.74) is 0.595. The lowest BCUT2D eigenvalue weighted by Gasteiger charge is -2.07. The predicted molar refractivity (Wildman–Crippen MR) is 83.6 cm³/mol. The minimum Gasteiger partial charge on any atom is -0.494 e. The van der Waals surface area contributed by atoms with Crippen LogP contribution in [-0.2, 0) is 6.54 Å². The Hall–Kier alpha value is -2.37. The highest BCUT2D eigenvalue weighted by Gasteiger charge is 2.06. The van der Waals surface area contributed by atoms with Gasteiger partial charge >= 0.3 is 0 Å². The number of amides is 1. The molecule has 0 saturated heterocycles. The van der Waals surface area contributed by atoms with Gasteiger partial charge in [0, 0.05) is 5.56 Å². The van der Waals surface area contributed by atoms with Gasteiger partial charge < -0.3 is 10.1 Å². The number of H-pyrrole nitrogens is 1. The molecular formula is C16H22N4O2. The Labute approximate surface area is 130 Å². The number of rotatable bonds is 9. The Kier molecular flexibility index (Phi) is 6.41. The number of nitrogens with zero attached hydrogens (tertiary/aromatic N) is 2. The van der Waals surface area contributed by atoms with Crippen LogP contribution < -0.4 is 10.1 Å². The molecule has 2 aromatic rings. The molecule has 6 nitrogen and oxygen atoms in total. The van der Waals surface area contributed by atoms with Crippen LogP contribution in [0.1, 0.15) is 48.8 Å². The molecule has 0 bridgehead atoms. The first-order valence-corrected chi connectivity index (χ1v) is 7.65. The van der Waals surface area contributed by atoms with Crippen molar-refractivity contribution in [1.82, 2.24) is 20.5 Å². The van der Waals surface area contributed by atoms with Crippen molar-refractivity contribution in [2.45, 2.75) is 39.2 Å². The van der Waals surface area contributed by atoms with E-state index in [9.17, 15) is 4.79 Å². The van der Waals surface area contributed by atoms with E-state index in [-0.39, 0.29) is 5.91 Å². The quantitative estimate of drug-likeness (QED) is 0.698. The van der Waals surface area contributed by atoms with E-state index in [1.807, 2.05) is 12.1 Å². The number of hydrogen-bond acceptors (Lipinski definition) is 4. The fourth-order valence-electron chi connectivity index (χ4n) is 2.00. The Balaban J connectivity index is 1.74. The topological polar surface area (TPSA) is 79.9 Å². The third kappa shape index (κ3) is 5.20. The molecule has 2 N–H and O–H groups in total. The Morgan fingerprint density at radius 1 is 1.23 bits per heavy atom. The summed E-state index contributed by atoms with van der Waals surface area (Å²) < 4.78 is 5.65. The number of nitrogens with one attached hydrogen (secondary N) is 2. The number of carbonyl (C=O) groups excluding carboxylic acids is 1. The zero-order chi connectivity index (χ0) is 15.6. The van der Waals surface area contributed by atoms with Gasteiger partial charge in [-0.25, -0.2) is 4.98 Å². The maximum Gasteiger partial charge on any atom is 0.251 e. The third-order valence-corrected chi connectivity index (χ3v) is 3.26. The molecule has 2 rings (SSSR count). The summed E-state index contributed by atoms with van der Waals surface area (Å²) in [4.78, 5) is 15.9. The minimum absolute atomic E-state index is 0.147. The van der Waals surface area contributed by atoms with Crippen molar-refractivity contribution in [3.8, 4) is 5.75 Å². The summed E-state index contributed by atoms with van der Waals surface area (Å²) in [6.45, 7) is 3.23. The fraction of sp³-hybridized carbons (Fsp3) is 0.438. The molecule has 1 heterocycles. The second-order valence-corrected chi connectivity index (χ2v) is 5.05. The average molecular weight is 302 g/mol. The zero-order valence-electron chi connectivity index (χ0n) is 12.8. The van der Waals surface area contributed by atoms with Crippen LogP contribution in [0.3, 0.4) is 0 Å². The smallest absolute Gasteiger partial charge is 0.251 e. The molecule has 1 amide bonds. The number of benzene rings is 1. The van der Waals surface area contributed by atoms with Crippen molar-refractivity contribution in [1.29, 1.82) is 0 Å². The van der Waals surface area contributed by atoms with Crippen LogP contribution in [0.4, 0.5) is 0 Å². The molecule has 6 heteroatoms. The molecule has 0 atom stereocenters. The van der Waals surface area contributed by atoms with Crippen molar-refractivity contribution in [3.63, 3.8) is 0 Å². The summed E-state index contributed by atoms with van der Waals surface area (Å²) in [5, 5.41) is 9.20. The van der Waals surface area contributed by atoms with Gasteiger partial charge in [-0.05, 0) is 30.7 Å². The van der Waals surface area contributed by atoms with Gasteiger partial charge in [-0.3, -0.25) is 9.89 Å². The second-order valence-electron chi connectivity index (χ2n) is 5.05. The third-order valence-electron chi connectivity index (χ3n) is 3.26. The normalized spacial score (nSPS) is 10.4. The average Bonchev–Trinajstić information content (AvgIpc) is 3.06. The maximum atomic E-state index is 12.0. The van der Waals surface area contributed by atoms with Crippen molar-refractivity contribution < 1.29 is 9.53 Å². The molecule has 0 saturated carbocycles. The summed E-state index contributed by atoms with van der Waals surface area (Å²) >= 11 is 0. The van der Waals surface area contributed by atoms with Crippen LogP contribution in [0.25, 0.3) is 0 Å². The van der Waals surface area contributed by atoms with E-state index >= 15 is 0 Å². The van der Waals surface area contributed by atoms with Crippen molar-refractivity contribution in [2.75, 3.05) is 6.61 Å². The van der Waals surface area contributed by atoms with Gasteiger partial charge in [0.1, 0.15) is 17.9 Å². The molecule has 1 aromatic carbocycles. The SMILES string of the molecule is CCCCCCOc1ccc(C(=O)NCc2ncn[nH]2)cc1. The molecule has 0 unspecified atom stereocenters. The highest BCUT2D eigenvalue weighted by Crippen LogP contribution is 2.13. The molecule has 0 aliphatic heterocycles. The first-order chi connectivity index (χ1) is 10.8. The summed E-state index contributed by atoms with van der Waals surface area (Å²) in [6.07, 6.45) is 6.13. The maximum absolute atomic E-state index is 12.0. The number of unbranched alkanes of at least 4 members (excludes halogenated alkanes) is 3. The van der Waals surface area contributed by atoms with E-state index in [0.29, 0.717) is 17.9 Å². The molecule has 0 aliphatic rings. The lowest BCUT2D eigenvalue weighted by atomic mass is 10.2. The van der Waals surface area contributed by atoms with Crippen LogP contribution >= 0.6 is 0 Å². The molecule has 22 heavy (non-hydrogen) atoms. The van der Waals surface area contributed by atoms with Crippen molar-refractivity contribution in [3.05, 3.63) is 42.0 Å². The zero-order valence-corrected chi connectivity index (χ0v) is 12.8. The van der Waals surface area contributed by atoms with E-state index in [0.717, 1.165) is 18.8 Å². The van der Waals surface area contributed by atoms with E-state index in [1.165, 1.54) is 25.6 Å². The van der Waals surface area contributed by atoms with Gasteiger partial charge in [0.05, 0.1) is 13.2 Å². The van der Waals surface area contributed by atoms with E-state index in [1.54, 1.807) is 12.1 Å². The lowest BCUT2D eigenvalue weighted by molar-refractivity contribution is 0.0950. The molecule has 1 aromatic heterocycles. The first-order valence-electron chi connectivity index (χ1n) is 7.65. The lowest BCUT2D eigenvalue weighted by Crippen LogP contribution is -2.23. The van der Waals surface area contributed by atoms with Gasteiger partial charge in [-0.2, -0.15) is 5.10 Å². The van der Waals surface area contributed by atoms with E-state index in [4.69, 9.17) is 4.74 Å². The standard InChI is InChI=1S/C16H22N4O2/c1-2-3-4-5-10-22-14-8-6-13(7-9-14)16(21)17-11-15-18-12-19-20-15/h6-9,12H,2-5,10-11H2,1H3,(H,17,21)(H,18,19,20). The Morgan fingerprint density at radius 3 is 2.73 bits per heavy atom. The number of carbonyl (C=O) groups is 1. The molecular weight excluding hydrogens is 280 g/mol. The molecule has 0 aliphatic carbocycles. The fourth-order valence-corrected chi connectivity index (χ4v) is 2.00. The van der Waals surface area contributed by atoms with Gasteiger partial charge in [0.25, 0.3) is 5.91 Å². The number of ether oxygens (including phenoxy) is 1. The molecule has 0 radical (unpaired) electrons. The number of aromatic amines is 1. The van der Waals surface area contributed by atoms with Gasteiger partial charge in [-0.15, -0.1) is 0 Å². The van der Waals surface area contributed by atoms with Crippen molar-refractivity contribution in [2.24, 2.45) is 0 Å². The largest absolute Gasteiger partial charge is 0.494 e. The highest BCUT2D eigenvalue weighted by molar-refractivity contribution is 5.94. The van der Waals surface area contributed by atoms with Crippen LogP contribution in [0.15, 0.2) is 30.6 Å². The van der Waals surface area contributed by atoms with Gasteiger partial charge in [0.15, 0.2) is 0 Å². The van der Waals surface area contributed by atoms with Crippen molar-refractivity contribution >= 4 is 5.91 Å². The van der Waals surface area contributed by atoms with Gasteiger partial charge in [-0.1, -0.05) is 26.2 Å². The monoisotopic (exact) mass is 302 g/mol. The molecule has 0 spiro atoms. The Morgan fingerprint density at radius 2 is 2.05 bits per heavy atom. The van der Waals surface area contributed by atoms with Crippen LogP contribution in [-0.4, -0.2) is 27.7 Å². The number of hydrogen-bond donors (Lipinski definition) is 2. The summed E-state index contributed by atoms with van der Waals surface area (Å²) in [7, 11) is 0. The second kappa shape index (κ2) is 8.81. The summed E-state index contributed by atoms with van der Waals surface area (Å²) in [6, 6.07) is 7.17. The summed E-state index contributed by atoms with van der Waals surface area (Å²) in [5.74, 6) is 1.27. The van der Waals surface area contributed by atoms with E-state index < -0.39 is 0 Å². The molecule has 118 valence electrons. The molecule has 0 fully saturated rings. The number of aromatic nitrogens is 3. The first kappa shape index (κ1) is 16.0. The predicted octanol–water partition coefficient (Wildman–Crippen LogP) is 2.69. The van der Waals surface area contributed by atoms with Crippen LogP contribution in [0.2, 0.25) is 0 Å². The van der Waals surface area contributed by atoms with Crippen LogP contribution in [0, 0.1) is 0 Å². The highest BCUT2D eigenvalue weighted by atomic mass is 16.5. The Bertz CT molecular complexity index is 552. The van der Waals surface area contributed by atoms with Crippen LogP contribution in [0.5, 0.6) is 5.75 Å². The van der Waals surface area contributed by atoms with Gasteiger partial charge in [0.2, 0.25) is 0 Å².